The largest absolute Gasteiger partial charge is 0.339 e. The number of allylic oxidation sites excluding steroid dienone is 1. The van der Waals surface area contributed by atoms with Crippen LogP contribution in [0.3, 0.4) is 0 Å². The van der Waals surface area contributed by atoms with E-state index < -0.39 is 0 Å². The van der Waals surface area contributed by atoms with Gasteiger partial charge in [0, 0.05) is 28.8 Å². The quantitative estimate of drug-likeness (QED) is 0.164. The van der Waals surface area contributed by atoms with Crippen molar-refractivity contribution in [2.45, 2.75) is 66.2 Å². The third kappa shape index (κ3) is 9.17. The summed E-state index contributed by atoms with van der Waals surface area (Å²) in [7, 11) is 0. The molecule has 3 N–H and O–H groups in total. The van der Waals surface area contributed by atoms with Crippen LogP contribution in [0, 0.1) is 11.8 Å². The van der Waals surface area contributed by atoms with Crippen molar-refractivity contribution in [2.75, 3.05) is 10.6 Å². The van der Waals surface area contributed by atoms with Gasteiger partial charge >= 0.3 is 0 Å². The SMILES string of the molecule is C=CN=C1NC(c2ccc(NC(=O)Cc3ccc(NC(=O)C=C)cc3)cc2)=C/C1=C(/C)C(C)C(C)CCCCCC. The van der Waals surface area contributed by atoms with Crippen molar-refractivity contribution in [1.29, 1.82) is 0 Å². The van der Waals surface area contributed by atoms with Crippen molar-refractivity contribution in [3.05, 3.63) is 102 Å². The molecule has 0 saturated heterocycles. The Balaban J connectivity index is 1.66. The van der Waals surface area contributed by atoms with E-state index in [4.69, 9.17) is 0 Å². The lowest BCUT2D eigenvalue weighted by atomic mass is 9.83. The van der Waals surface area contributed by atoms with Crippen LogP contribution < -0.4 is 16.0 Å². The standard InChI is InChI=1S/C35H44N4O2/c1-7-10-11-12-13-24(4)25(5)26(6)31-23-32(39-35(31)36-9-3)28-16-20-30(21-17-28)38-34(41)22-27-14-18-29(19-15-27)37-33(40)8-2/h8-9,14-21,23-25H,2-3,7,10-13,22H2,1,4-6H3,(H,36,39)(H,37,40)(H,38,41)/b31-26+. The minimum atomic E-state index is -0.272. The van der Waals surface area contributed by atoms with Gasteiger partial charge in [-0.2, -0.15) is 0 Å². The number of unbranched alkanes of at least 4 members (excludes halogenated alkanes) is 3. The smallest absolute Gasteiger partial charge is 0.247 e. The van der Waals surface area contributed by atoms with Gasteiger partial charge in [0.05, 0.1) is 6.42 Å². The molecule has 2 amide bonds. The fraction of sp³-hybridized carbons (Fsp3) is 0.343. The summed E-state index contributed by atoms with van der Waals surface area (Å²) in [5.74, 6) is 1.48. The summed E-state index contributed by atoms with van der Waals surface area (Å²) in [6.07, 6.45) is 11.6. The molecule has 1 aliphatic heterocycles. The van der Waals surface area contributed by atoms with Gasteiger partial charge in [-0.15, -0.1) is 0 Å². The van der Waals surface area contributed by atoms with Crippen LogP contribution in [-0.2, 0) is 16.0 Å². The van der Waals surface area contributed by atoms with E-state index in [-0.39, 0.29) is 18.2 Å². The van der Waals surface area contributed by atoms with Crippen LogP contribution in [0.2, 0.25) is 0 Å². The molecule has 0 spiro atoms. The highest BCUT2D eigenvalue weighted by Gasteiger charge is 2.23. The summed E-state index contributed by atoms with van der Waals surface area (Å²) in [5.41, 5.74) is 6.68. The van der Waals surface area contributed by atoms with E-state index in [0.717, 1.165) is 33.9 Å². The van der Waals surface area contributed by atoms with E-state index in [1.54, 1.807) is 18.3 Å². The molecule has 2 aromatic rings. The van der Waals surface area contributed by atoms with E-state index in [0.29, 0.717) is 17.5 Å². The summed E-state index contributed by atoms with van der Waals surface area (Å²) in [5, 5.41) is 9.13. The van der Waals surface area contributed by atoms with Crippen molar-refractivity contribution in [3.8, 4) is 0 Å². The van der Waals surface area contributed by atoms with Gasteiger partial charge in [-0.1, -0.05) is 95.9 Å². The average Bonchev–Trinajstić information content (AvgIpc) is 3.39. The molecule has 2 atom stereocenters. The van der Waals surface area contributed by atoms with Crippen LogP contribution in [0.15, 0.2) is 96.2 Å². The molecular weight excluding hydrogens is 508 g/mol. The maximum absolute atomic E-state index is 12.6. The molecule has 2 aromatic carbocycles. The highest BCUT2D eigenvalue weighted by Crippen LogP contribution is 2.32. The molecule has 41 heavy (non-hydrogen) atoms. The number of aliphatic imine (C=N–C) groups is 1. The first kappa shape index (κ1) is 31.3. The molecule has 0 bridgehead atoms. The Morgan fingerprint density at radius 3 is 2.24 bits per heavy atom. The molecule has 1 aliphatic rings. The van der Waals surface area contributed by atoms with Crippen LogP contribution >= 0.6 is 0 Å². The van der Waals surface area contributed by atoms with Gasteiger partial charge in [0.1, 0.15) is 5.84 Å². The van der Waals surface area contributed by atoms with Gasteiger partial charge in [-0.3, -0.25) is 9.59 Å². The van der Waals surface area contributed by atoms with Crippen molar-refractivity contribution in [2.24, 2.45) is 16.8 Å². The molecular formula is C35H44N4O2. The Hall–Kier alpha value is -4.19. The van der Waals surface area contributed by atoms with Crippen LogP contribution in [0.25, 0.3) is 5.70 Å². The lowest BCUT2D eigenvalue weighted by Crippen LogP contribution is -2.19. The van der Waals surface area contributed by atoms with Gasteiger partial charge in [-0.25, -0.2) is 4.99 Å². The fourth-order valence-corrected chi connectivity index (χ4v) is 4.93. The van der Waals surface area contributed by atoms with E-state index in [1.165, 1.54) is 43.8 Å². The minimum absolute atomic E-state index is 0.113. The number of carbonyl (C=O) groups is 2. The van der Waals surface area contributed by atoms with E-state index in [1.807, 2.05) is 36.4 Å². The summed E-state index contributed by atoms with van der Waals surface area (Å²) >= 11 is 0. The number of amides is 2. The minimum Gasteiger partial charge on any atom is -0.339 e. The molecule has 0 saturated carbocycles. The first-order valence-electron chi connectivity index (χ1n) is 14.6. The van der Waals surface area contributed by atoms with E-state index in [2.05, 4.69) is 67.9 Å². The molecule has 216 valence electrons. The van der Waals surface area contributed by atoms with Gasteiger partial charge in [0.2, 0.25) is 11.8 Å². The number of carbonyl (C=O) groups excluding carboxylic acids is 2. The Morgan fingerprint density at radius 2 is 1.61 bits per heavy atom. The Labute approximate surface area is 245 Å². The second-order valence-corrected chi connectivity index (χ2v) is 10.7. The molecule has 1 heterocycles. The summed E-state index contributed by atoms with van der Waals surface area (Å²) in [4.78, 5) is 28.6. The number of hydrogen-bond acceptors (Lipinski definition) is 3. The lowest BCUT2D eigenvalue weighted by Gasteiger charge is -2.22. The van der Waals surface area contributed by atoms with Gasteiger partial charge in [-0.05, 0) is 66.3 Å². The maximum atomic E-state index is 12.6. The van der Waals surface area contributed by atoms with Crippen molar-refractivity contribution in [1.82, 2.24) is 5.32 Å². The highest BCUT2D eigenvalue weighted by molar-refractivity contribution is 6.12. The summed E-state index contributed by atoms with van der Waals surface area (Å²) in [6, 6.07) is 15.0. The molecule has 6 nitrogen and oxygen atoms in total. The van der Waals surface area contributed by atoms with Crippen molar-refractivity contribution in [3.63, 3.8) is 0 Å². The van der Waals surface area contributed by atoms with Gasteiger partial charge in [0.25, 0.3) is 0 Å². The van der Waals surface area contributed by atoms with Crippen LogP contribution in [0.5, 0.6) is 0 Å². The van der Waals surface area contributed by atoms with E-state index >= 15 is 0 Å². The van der Waals surface area contributed by atoms with Crippen LogP contribution in [0.1, 0.15) is 70.9 Å². The maximum Gasteiger partial charge on any atom is 0.247 e. The average molecular weight is 553 g/mol. The van der Waals surface area contributed by atoms with Crippen LogP contribution in [-0.4, -0.2) is 17.6 Å². The zero-order valence-corrected chi connectivity index (χ0v) is 24.9. The summed E-state index contributed by atoms with van der Waals surface area (Å²) in [6.45, 7) is 16.4. The zero-order chi connectivity index (χ0) is 29.8. The van der Waals surface area contributed by atoms with E-state index in [9.17, 15) is 9.59 Å². The normalized spacial score (nSPS) is 16.3. The molecule has 0 radical (unpaired) electrons. The predicted octanol–water partition coefficient (Wildman–Crippen LogP) is 8.04. The zero-order valence-electron chi connectivity index (χ0n) is 24.9. The second-order valence-electron chi connectivity index (χ2n) is 10.7. The number of nitrogens with zero attached hydrogens (tertiary/aromatic N) is 1. The molecule has 6 heteroatoms. The number of rotatable bonds is 14. The van der Waals surface area contributed by atoms with Gasteiger partial charge < -0.3 is 16.0 Å². The number of anilines is 2. The van der Waals surface area contributed by atoms with Gasteiger partial charge in [0.15, 0.2) is 0 Å². The monoisotopic (exact) mass is 552 g/mol. The highest BCUT2D eigenvalue weighted by atomic mass is 16.2. The number of benzene rings is 2. The van der Waals surface area contributed by atoms with Crippen molar-refractivity contribution >= 4 is 34.7 Å². The first-order valence-corrected chi connectivity index (χ1v) is 14.6. The first-order chi connectivity index (χ1) is 19.7. The fourth-order valence-electron chi connectivity index (χ4n) is 4.93. The number of nitrogens with one attached hydrogen (secondary N) is 3. The molecule has 3 rings (SSSR count). The predicted molar refractivity (Wildman–Crippen MR) is 173 cm³/mol. The second kappa shape index (κ2) is 15.6. The number of amidine groups is 1. The molecule has 2 unspecified atom stereocenters. The van der Waals surface area contributed by atoms with Crippen LogP contribution in [0.4, 0.5) is 11.4 Å². The Kier molecular flexibility index (Phi) is 11.9. The molecule has 0 aliphatic carbocycles. The lowest BCUT2D eigenvalue weighted by molar-refractivity contribution is -0.115. The molecule has 0 fully saturated rings. The number of hydrogen-bond donors (Lipinski definition) is 3. The summed E-state index contributed by atoms with van der Waals surface area (Å²) < 4.78 is 0. The Morgan fingerprint density at radius 1 is 0.951 bits per heavy atom. The Bertz CT molecular complexity index is 1320. The topological polar surface area (TPSA) is 82.6 Å². The third-order valence-corrected chi connectivity index (χ3v) is 7.74. The molecule has 0 aromatic heterocycles. The van der Waals surface area contributed by atoms with Crippen molar-refractivity contribution < 1.29 is 9.59 Å². The third-order valence-electron chi connectivity index (χ3n) is 7.74.